The van der Waals surface area contributed by atoms with E-state index in [0.717, 1.165) is 16.3 Å². The molecule has 1 saturated heterocycles. The number of hydrogen-bond acceptors (Lipinski definition) is 9. The first-order valence-corrected chi connectivity index (χ1v) is 11.6. The van der Waals surface area contributed by atoms with Gasteiger partial charge in [-0.15, -0.1) is 0 Å². The number of carbonyl (C=O) groups excluding carboxylic acids is 4. The summed E-state index contributed by atoms with van der Waals surface area (Å²) in [5.74, 6) is -2.31. The Hall–Kier alpha value is -3.50. The molecule has 2 aromatic carbocycles. The predicted octanol–water partition coefficient (Wildman–Crippen LogP) is 2.05. The average molecular weight is 502 g/mol. The molecule has 194 valence electrons. The average Bonchev–Trinajstić information content (AvgIpc) is 2.80. The van der Waals surface area contributed by atoms with E-state index in [-0.39, 0.29) is 13.2 Å². The lowest BCUT2D eigenvalue weighted by Crippen LogP contribution is -2.66. The molecule has 10 heteroatoms. The molecule has 5 atom stereocenters. The van der Waals surface area contributed by atoms with Crippen LogP contribution < -0.4 is 5.32 Å². The highest BCUT2D eigenvalue weighted by Gasteiger charge is 2.51. The number of benzene rings is 2. The molecule has 1 aliphatic heterocycles. The Morgan fingerprint density at radius 2 is 1.53 bits per heavy atom. The van der Waals surface area contributed by atoms with Gasteiger partial charge in [0.1, 0.15) is 18.8 Å². The van der Waals surface area contributed by atoms with Gasteiger partial charge in [0.15, 0.2) is 18.5 Å². The summed E-state index contributed by atoms with van der Waals surface area (Å²) in [5.41, 5.74) is 1.06. The molecule has 0 bridgehead atoms. The largest absolute Gasteiger partial charge is 0.463 e. The third kappa shape index (κ3) is 7.25. The molecule has 10 nitrogen and oxygen atoms in total. The molecular formula is C26H31NO9. The molecule has 1 amide bonds. The zero-order valence-corrected chi connectivity index (χ0v) is 20.7. The van der Waals surface area contributed by atoms with Crippen LogP contribution in [-0.2, 0) is 49.3 Å². The summed E-state index contributed by atoms with van der Waals surface area (Å²) in [6, 6.07) is 13.0. The zero-order valence-electron chi connectivity index (χ0n) is 20.7. The van der Waals surface area contributed by atoms with E-state index in [1.165, 1.54) is 27.7 Å². The molecule has 0 unspecified atom stereocenters. The monoisotopic (exact) mass is 501 g/mol. The summed E-state index contributed by atoms with van der Waals surface area (Å²) in [6.45, 7) is 4.84. The first kappa shape index (κ1) is 27.1. The molecule has 1 aliphatic rings. The summed E-state index contributed by atoms with van der Waals surface area (Å²) < 4.78 is 28.0. The SMILES string of the molecule is CC(=O)N[C@H]1[C@H](OCCc2cccc3ccccc23)O[C@H](COC(C)=O)[C@@H](OC(C)=O)[C@@H]1OC(C)=O. The molecule has 1 N–H and O–H groups in total. The number of rotatable bonds is 9. The van der Waals surface area contributed by atoms with Gasteiger partial charge in [-0.1, -0.05) is 42.5 Å². The van der Waals surface area contributed by atoms with E-state index in [9.17, 15) is 19.2 Å². The van der Waals surface area contributed by atoms with E-state index in [2.05, 4.69) is 5.32 Å². The van der Waals surface area contributed by atoms with E-state index in [0.29, 0.717) is 6.42 Å². The molecule has 1 fully saturated rings. The highest BCUT2D eigenvalue weighted by molar-refractivity contribution is 5.85. The van der Waals surface area contributed by atoms with E-state index in [1.807, 2.05) is 42.5 Å². The number of ether oxygens (including phenoxy) is 5. The fourth-order valence-electron chi connectivity index (χ4n) is 4.23. The minimum absolute atomic E-state index is 0.208. The van der Waals surface area contributed by atoms with Crippen molar-refractivity contribution in [1.29, 1.82) is 0 Å². The van der Waals surface area contributed by atoms with Crippen molar-refractivity contribution in [3.63, 3.8) is 0 Å². The number of amides is 1. The van der Waals surface area contributed by atoms with Crippen LogP contribution in [0.4, 0.5) is 0 Å². The molecule has 0 spiro atoms. The third-order valence-electron chi connectivity index (χ3n) is 5.60. The topological polar surface area (TPSA) is 126 Å². The fourth-order valence-corrected chi connectivity index (χ4v) is 4.23. The number of carbonyl (C=O) groups is 4. The van der Waals surface area contributed by atoms with Crippen molar-refractivity contribution >= 4 is 34.6 Å². The minimum atomic E-state index is -1.15. The van der Waals surface area contributed by atoms with E-state index in [4.69, 9.17) is 23.7 Å². The summed E-state index contributed by atoms with van der Waals surface area (Å²) in [5, 5.41) is 4.88. The first-order valence-electron chi connectivity index (χ1n) is 11.6. The smallest absolute Gasteiger partial charge is 0.303 e. The van der Waals surface area contributed by atoms with Crippen LogP contribution in [0.15, 0.2) is 42.5 Å². The number of hydrogen-bond donors (Lipinski definition) is 1. The lowest BCUT2D eigenvalue weighted by atomic mass is 9.96. The van der Waals surface area contributed by atoms with Gasteiger partial charge in [-0.2, -0.15) is 0 Å². The summed E-state index contributed by atoms with van der Waals surface area (Å²) >= 11 is 0. The Morgan fingerprint density at radius 3 is 2.19 bits per heavy atom. The van der Waals surface area contributed by atoms with Crippen LogP contribution in [0.2, 0.25) is 0 Å². The zero-order chi connectivity index (χ0) is 26.2. The maximum Gasteiger partial charge on any atom is 0.303 e. The van der Waals surface area contributed by atoms with Crippen molar-refractivity contribution in [1.82, 2.24) is 5.32 Å². The second-order valence-electron chi connectivity index (χ2n) is 8.48. The molecule has 0 saturated carbocycles. The molecular weight excluding hydrogens is 470 g/mol. The van der Waals surface area contributed by atoms with Gasteiger partial charge in [0.05, 0.1) is 6.61 Å². The van der Waals surface area contributed by atoms with Crippen LogP contribution in [0.25, 0.3) is 10.8 Å². The normalized spacial score (nSPS) is 23.5. The van der Waals surface area contributed by atoms with Gasteiger partial charge in [-0.25, -0.2) is 0 Å². The number of fused-ring (bicyclic) bond motifs is 1. The maximum atomic E-state index is 12.0. The molecule has 0 radical (unpaired) electrons. The molecule has 3 rings (SSSR count). The van der Waals surface area contributed by atoms with Crippen molar-refractivity contribution in [2.45, 2.75) is 64.8 Å². The Bertz CT molecular complexity index is 1100. The van der Waals surface area contributed by atoms with E-state index >= 15 is 0 Å². The highest BCUT2D eigenvalue weighted by Crippen LogP contribution is 2.28. The summed E-state index contributed by atoms with van der Waals surface area (Å²) in [7, 11) is 0. The standard InChI is InChI=1S/C26H31NO9/c1-15(28)27-23-25(35-18(4)31)24(34-17(3)30)22(14-33-16(2)29)36-26(23)32-13-12-20-10-7-9-19-8-5-6-11-21(19)20/h5-11,22-26H,12-14H2,1-4H3,(H,27,28)/t22-,23-,24-,25-,26-/m1/s1. The molecule has 0 aromatic heterocycles. The second kappa shape index (κ2) is 12.5. The number of nitrogens with one attached hydrogen (secondary N) is 1. The second-order valence-corrected chi connectivity index (χ2v) is 8.48. The van der Waals surface area contributed by atoms with Crippen molar-refractivity contribution in [3.8, 4) is 0 Å². The van der Waals surface area contributed by atoms with Crippen LogP contribution in [0.5, 0.6) is 0 Å². The van der Waals surface area contributed by atoms with Crippen molar-refractivity contribution < 1.29 is 42.9 Å². The van der Waals surface area contributed by atoms with Gasteiger partial charge in [-0.05, 0) is 22.8 Å². The highest BCUT2D eigenvalue weighted by atomic mass is 16.7. The van der Waals surface area contributed by atoms with Gasteiger partial charge >= 0.3 is 17.9 Å². The Morgan fingerprint density at radius 1 is 0.861 bits per heavy atom. The first-order chi connectivity index (χ1) is 17.2. The summed E-state index contributed by atoms with van der Waals surface area (Å²) in [4.78, 5) is 47.2. The van der Waals surface area contributed by atoms with Crippen LogP contribution in [0.3, 0.4) is 0 Å². The fraction of sp³-hybridized carbons (Fsp3) is 0.462. The quantitative estimate of drug-likeness (QED) is 0.406. The minimum Gasteiger partial charge on any atom is -0.463 e. The van der Waals surface area contributed by atoms with Crippen LogP contribution in [0.1, 0.15) is 33.3 Å². The Kier molecular flexibility index (Phi) is 9.38. The van der Waals surface area contributed by atoms with Crippen molar-refractivity contribution in [2.24, 2.45) is 0 Å². The Labute approximate surface area is 209 Å². The van der Waals surface area contributed by atoms with Gasteiger partial charge < -0.3 is 29.0 Å². The van der Waals surface area contributed by atoms with E-state index in [1.54, 1.807) is 0 Å². The molecule has 36 heavy (non-hydrogen) atoms. The van der Waals surface area contributed by atoms with Gasteiger partial charge in [0.25, 0.3) is 0 Å². The third-order valence-corrected chi connectivity index (χ3v) is 5.60. The van der Waals surface area contributed by atoms with Gasteiger partial charge in [0.2, 0.25) is 5.91 Å². The number of esters is 3. The van der Waals surface area contributed by atoms with Crippen molar-refractivity contribution in [3.05, 3.63) is 48.0 Å². The molecule has 2 aromatic rings. The predicted molar refractivity (Wildman–Crippen MR) is 128 cm³/mol. The lowest BCUT2D eigenvalue weighted by molar-refractivity contribution is -0.277. The van der Waals surface area contributed by atoms with Crippen LogP contribution >= 0.6 is 0 Å². The Balaban J connectivity index is 1.85. The van der Waals surface area contributed by atoms with Crippen LogP contribution in [-0.4, -0.2) is 67.7 Å². The summed E-state index contributed by atoms with van der Waals surface area (Å²) in [6.07, 6.45) is -3.85. The van der Waals surface area contributed by atoms with Crippen molar-refractivity contribution in [2.75, 3.05) is 13.2 Å². The lowest BCUT2D eigenvalue weighted by Gasteiger charge is -2.44. The van der Waals surface area contributed by atoms with Gasteiger partial charge in [-0.3, -0.25) is 19.2 Å². The molecule has 1 heterocycles. The van der Waals surface area contributed by atoms with Gasteiger partial charge in [0, 0.05) is 27.7 Å². The van der Waals surface area contributed by atoms with E-state index < -0.39 is 54.5 Å². The molecule has 0 aliphatic carbocycles. The van der Waals surface area contributed by atoms with Crippen LogP contribution in [0, 0.1) is 0 Å². The maximum absolute atomic E-state index is 12.0.